The molecule has 3 aromatic carbocycles. The maximum Gasteiger partial charge on any atom is 0.266 e. The number of hydrogen-bond acceptors (Lipinski definition) is 10. The minimum Gasteiger partial charge on any atom is -0.493 e. The minimum absolute atomic E-state index is 0.0592. The highest BCUT2D eigenvalue weighted by Crippen LogP contribution is 2.55. The van der Waals surface area contributed by atoms with Crippen molar-refractivity contribution in [1.82, 2.24) is 20.4 Å². The summed E-state index contributed by atoms with van der Waals surface area (Å²) in [5.74, 6) is -1.46. The number of carbonyl (C=O) groups is 5. The molecule has 56 heavy (non-hydrogen) atoms. The molecule has 2 N–H and O–H groups in total. The van der Waals surface area contributed by atoms with Gasteiger partial charge >= 0.3 is 0 Å². The van der Waals surface area contributed by atoms with Crippen LogP contribution >= 0.6 is 11.6 Å². The third-order valence-corrected chi connectivity index (χ3v) is 11.9. The maximum absolute atomic E-state index is 13.4. The Morgan fingerprint density at radius 3 is 2.34 bits per heavy atom. The first-order valence-corrected chi connectivity index (χ1v) is 19.3. The summed E-state index contributed by atoms with van der Waals surface area (Å²) in [6.07, 6.45) is 0.666. The van der Waals surface area contributed by atoms with Crippen LogP contribution in [0, 0.1) is 22.2 Å². The molecule has 7 rings (SSSR count). The number of benzene rings is 3. The molecule has 13 nitrogen and oxygen atoms in total. The summed E-state index contributed by atoms with van der Waals surface area (Å²) in [7, 11) is 0. The molecule has 1 atom stereocenters. The average molecular weight is 781 g/mol. The lowest BCUT2D eigenvalue weighted by atomic mass is 9.49. The molecular formula is C42H45ClN6O7. The van der Waals surface area contributed by atoms with E-state index in [1.807, 2.05) is 24.3 Å². The lowest BCUT2D eigenvalue weighted by molar-refractivity contribution is -0.164. The number of imide groups is 2. The van der Waals surface area contributed by atoms with Crippen LogP contribution < -0.4 is 25.0 Å². The van der Waals surface area contributed by atoms with Gasteiger partial charge in [0, 0.05) is 73.3 Å². The summed E-state index contributed by atoms with van der Waals surface area (Å²) in [6, 6.07) is 18.5. The van der Waals surface area contributed by atoms with Gasteiger partial charge in [-0.3, -0.25) is 39.1 Å². The van der Waals surface area contributed by atoms with E-state index >= 15 is 0 Å². The number of nitrogens with one attached hydrogen (secondary N) is 2. The van der Waals surface area contributed by atoms with Gasteiger partial charge in [-0.2, -0.15) is 5.26 Å². The summed E-state index contributed by atoms with van der Waals surface area (Å²) in [5.41, 5.74) is 1.64. The minimum atomic E-state index is -1.03. The third kappa shape index (κ3) is 7.19. The van der Waals surface area contributed by atoms with Crippen LogP contribution in [-0.2, 0) is 9.59 Å². The van der Waals surface area contributed by atoms with E-state index in [4.69, 9.17) is 21.1 Å². The number of hydrogen-bond donors (Lipinski definition) is 2. The molecule has 2 saturated heterocycles. The van der Waals surface area contributed by atoms with Crippen molar-refractivity contribution >= 4 is 46.8 Å². The number of carbonyl (C=O) groups excluding carboxylic acids is 5. The number of piperazine rings is 1. The quantitative estimate of drug-likeness (QED) is 0.204. The van der Waals surface area contributed by atoms with Gasteiger partial charge in [0.15, 0.2) is 0 Å². The van der Waals surface area contributed by atoms with Crippen molar-refractivity contribution in [2.75, 3.05) is 44.2 Å². The fourth-order valence-electron chi connectivity index (χ4n) is 8.94. The summed E-state index contributed by atoms with van der Waals surface area (Å²) in [4.78, 5) is 69.5. The number of amides is 5. The Morgan fingerprint density at radius 1 is 0.964 bits per heavy atom. The highest BCUT2D eigenvalue weighted by molar-refractivity contribution is 6.31. The fraction of sp³-hybridized carbons (Fsp3) is 0.429. The normalized spacial score (nSPS) is 22.8. The van der Waals surface area contributed by atoms with Gasteiger partial charge in [-0.15, -0.1) is 0 Å². The van der Waals surface area contributed by atoms with Gasteiger partial charge in [-0.05, 0) is 61.4 Å². The Morgan fingerprint density at radius 2 is 1.68 bits per heavy atom. The van der Waals surface area contributed by atoms with Gasteiger partial charge < -0.3 is 19.7 Å². The van der Waals surface area contributed by atoms with Crippen molar-refractivity contribution < 1.29 is 33.4 Å². The molecule has 0 spiro atoms. The highest BCUT2D eigenvalue weighted by Gasteiger charge is 2.64. The third-order valence-electron chi connectivity index (χ3n) is 11.6. The molecule has 5 amide bonds. The van der Waals surface area contributed by atoms with Crippen molar-refractivity contribution in [3.8, 4) is 17.6 Å². The van der Waals surface area contributed by atoms with Gasteiger partial charge in [0.05, 0.1) is 28.3 Å². The first-order chi connectivity index (χ1) is 26.7. The Balaban J connectivity index is 0.863. The van der Waals surface area contributed by atoms with Gasteiger partial charge in [-0.1, -0.05) is 45.4 Å². The number of fused-ring (bicyclic) bond motifs is 1. The van der Waals surface area contributed by atoms with Crippen LogP contribution in [0.15, 0.2) is 60.7 Å². The summed E-state index contributed by atoms with van der Waals surface area (Å²) >= 11 is 6.24. The fourth-order valence-corrected chi connectivity index (χ4v) is 9.15. The van der Waals surface area contributed by atoms with Gasteiger partial charge in [0.1, 0.15) is 29.7 Å². The van der Waals surface area contributed by atoms with E-state index in [1.54, 1.807) is 36.4 Å². The molecule has 1 unspecified atom stereocenters. The summed E-state index contributed by atoms with van der Waals surface area (Å²) in [5, 5.41) is 15.0. The average Bonchev–Trinajstić information content (AvgIpc) is 3.43. The number of nitriles is 1. The topological polar surface area (TPSA) is 161 Å². The summed E-state index contributed by atoms with van der Waals surface area (Å²) < 4.78 is 12.4. The molecule has 3 fully saturated rings. The molecule has 292 valence electrons. The molecular weight excluding hydrogens is 736 g/mol. The van der Waals surface area contributed by atoms with Crippen LogP contribution in [0.2, 0.25) is 5.02 Å². The highest BCUT2D eigenvalue weighted by atomic mass is 35.5. The van der Waals surface area contributed by atoms with E-state index in [0.29, 0.717) is 40.7 Å². The lowest BCUT2D eigenvalue weighted by Crippen LogP contribution is -2.74. The molecule has 4 aliphatic rings. The second-order valence-electron chi connectivity index (χ2n) is 16.0. The van der Waals surface area contributed by atoms with E-state index in [2.05, 4.69) is 54.2 Å². The first-order valence-electron chi connectivity index (χ1n) is 18.9. The van der Waals surface area contributed by atoms with Crippen LogP contribution in [0.4, 0.5) is 5.69 Å². The zero-order valence-electron chi connectivity index (χ0n) is 31.9. The van der Waals surface area contributed by atoms with Crippen LogP contribution in [0.3, 0.4) is 0 Å². The zero-order valence-corrected chi connectivity index (χ0v) is 32.7. The van der Waals surface area contributed by atoms with Gasteiger partial charge in [0.2, 0.25) is 11.8 Å². The number of rotatable bonds is 11. The maximum atomic E-state index is 13.4. The molecule has 3 aromatic rings. The van der Waals surface area contributed by atoms with Crippen LogP contribution in [0.1, 0.15) is 83.6 Å². The second kappa shape index (κ2) is 15.2. The van der Waals surface area contributed by atoms with E-state index in [1.165, 1.54) is 0 Å². The van der Waals surface area contributed by atoms with E-state index in [0.717, 1.165) is 43.3 Å². The number of halogens is 1. The monoisotopic (exact) mass is 780 g/mol. The molecule has 1 saturated carbocycles. The molecule has 3 aliphatic heterocycles. The van der Waals surface area contributed by atoms with E-state index in [-0.39, 0.29) is 52.9 Å². The number of piperidine rings is 1. The Kier molecular flexibility index (Phi) is 10.6. The molecule has 3 heterocycles. The van der Waals surface area contributed by atoms with Gasteiger partial charge in [-0.25, -0.2) is 0 Å². The molecule has 0 radical (unpaired) electrons. The Hall–Kier alpha value is -5.45. The van der Waals surface area contributed by atoms with Crippen molar-refractivity contribution in [1.29, 1.82) is 5.26 Å². The zero-order chi connectivity index (χ0) is 39.9. The molecule has 1 aliphatic carbocycles. The SMILES string of the molecule is CC1(C)[C@H](NC(=O)c2ccc(N3CCN(CCCOc4cccc5c4C(=O)N(C4CCC(=O)NC4=O)C5=O)CC3)cc2)C(C)(C)[C@H]1Oc1ccc(C#N)c(Cl)c1. The Labute approximate surface area is 330 Å². The molecule has 0 aromatic heterocycles. The lowest BCUT2D eigenvalue weighted by Gasteiger charge is -2.63. The van der Waals surface area contributed by atoms with E-state index < -0.39 is 29.7 Å². The van der Waals surface area contributed by atoms with E-state index in [9.17, 15) is 29.2 Å². The van der Waals surface area contributed by atoms with Crippen LogP contribution in [-0.4, -0.2) is 96.9 Å². The van der Waals surface area contributed by atoms with Crippen molar-refractivity contribution in [2.45, 2.75) is 65.1 Å². The second-order valence-corrected chi connectivity index (χ2v) is 16.4. The van der Waals surface area contributed by atoms with Crippen molar-refractivity contribution in [3.63, 3.8) is 0 Å². The first kappa shape index (κ1) is 38.8. The summed E-state index contributed by atoms with van der Waals surface area (Å²) in [6.45, 7) is 12.8. The van der Waals surface area contributed by atoms with Crippen LogP contribution in [0.25, 0.3) is 0 Å². The van der Waals surface area contributed by atoms with Gasteiger partial charge in [0.25, 0.3) is 17.7 Å². The molecule has 0 bridgehead atoms. The smallest absolute Gasteiger partial charge is 0.266 e. The predicted molar refractivity (Wildman–Crippen MR) is 208 cm³/mol. The van der Waals surface area contributed by atoms with Crippen LogP contribution in [0.5, 0.6) is 11.5 Å². The number of nitrogens with zero attached hydrogens (tertiary/aromatic N) is 4. The number of ether oxygens (including phenoxy) is 2. The van der Waals surface area contributed by atoms with Crippen molar-refractivity contribution in [3.05, 3.63) is 87.9 Å². The Bertz CT molecular complexity index is 2110. The van der Waals surface area contributed by atoms with Crippen molar-refractivity contribution in [2.24, 2.45) is 10.8 Å². The largest absolute Gasteiger partial charge is 0.493 e. The predicted octanol–water partition coefficient (Wildman–Crippen LogP) is 4.82. The number of anilines is 1. The standard InChI is InChI=1S/C42H45ClN6O7/c1-41(2)39(42(3,4)40(41)56-28-14-11-26(24-44)30(43)23-28)46-35(51)25-9-12-27(13-10-25)48-20-18-47(19-21-48)17-6-22-55-32-8-5-7-29-34(32)38(54)49(37(29)53)31-15-16-33(50)45-36(31)52/h5,7-14,23,31,39-40H,6,15-22H2,1-4H3,(H,46,51)(H,45,50,52)/t31?,39-,40-. The molecule has 14 heteroatoms.